The lowest BCUT2D eigenvalue weighted by Crippen LogP contribution is -2.23. The summed E-state index contributed by atoms with van der Waals surface area (Å²) in [7, 11) is 0. The summed E-state index contributed by atoms with van der Waals surface area (Å²) in [6, 6.07) is 10.7. The molecule has 2 heterocycles. The van der Waals surface area contributed by atoms with Crippen molar-refractivity contribution in [2.45, 2.75) is 45.6 Å². The molecule has 1 fully saturated rings. The summed E-state index contributed by atoms with van der Waals surface area (Å²) in [5, 5.41) is 3.23. The highest BCUT2D eigenvalue weighted by Gasteiger charge is 2.14. The van der Waals surface area contributed by atoms with Gasteiger partial charge < -0.3 is 16.0 Å². The minimum atomic E-state index is 0.458. The number of nitrogens with two attached hydrogens (primary N) is 1. The number of nitrogens with one attached hydrogen (secondary N) is 1. The van der Waals surface area contributed by atoms with Crippen LogP contribution in [-0.4, -0.2) is 24.0 Å². The molecular weight excluding hydrogens is 322 g/mol. The van der Waals surface area contributed by atoms with Gasteiger partial charge in [0, 0.05) is 24.5 Å². The van der Waals surface area contributed by atoms with Crippen molar-refractivity contribution in [3.63, 3.8) is 0 Å². The van der Waals surface area contributed by atoms with Gasteiger partial charge in [0.1, 0.15) is 5.82 Å². The van der Waals surface area contributed by atoms with Gasteiger partial charge in [-0.05, 0) is 80.0 Å². The first-order chi connectivity index (χ1) is 12.7. The first-order valence-corrected chi connectivity index (χ1v) is 9.59. The fourth-order valence-corrected chi connectivity index (χ4v) is 3.93. The Morgan fingerprint density at radius 3 is 2.77 bits per heavy atom. The Hall–Kier alpha value is -2.56. The van der Waals surface area contributed by atoms with E-state index in [-0.39, 0.29) is 0 Å². The van der Waals surface area contributed by atoms with E-state index in [4.69, 9.17) is 5.73 Å². The average molecular weight is 349 g/mol. The molecule has 2 aliphatic rings. The smallest absolute Gasteiger partial charge is 0.193 e. The van der Waals surface area contributed by atoms with Gasteiger partial charge in [-0.3, -0.25) is 0 Å². The molecule has 0 atom stereocenters. The monoisotopic (exact) mass is 349 g/mol. The van der Waals surface area contributed by atoms with Gasteiger partial charge in [0.15, 0.2) is 5.96 Å². The van der Waals surface area contributed by atoms with Crippen molar-refractivity contribution in [1.82, 2.24) is 4.98 Å². The van der Waals surface area contributed by atoms with Crippen LogP contribution in [-0.2, 0) is 19.4 Å². The van der Waals surface area contributed by atoms with Crippen LogP contribution in [0.2, 0.25) is 0 Å². The van der Waals surface area contributed by atoms with Crippen LogP contribution in [0, 0.1) is 6.92 Å². The quantitative estimate of drug-likeness (QED) is 0.656. The molecule has 1 saturated heterocycles. The highest BCUT2D eigenvalue weighted by atomic mass is 15.2. The first-order valence-electron chi connectivity index (χ1n) is 9.59. The van der Waals surface area contributed by atoms with Crippen molar-refractivity contribution in [3.05, 3.63) is 52.7 Å². The van der Waals surface area contributed by atoms with Crippen molar-refractivity contribution < 1.29 is 0 Å². The molecule has 0 saturated carbocycles. The maximum absolute atomic E-state index is 6.11. The Balaban J connectivity index is 1.43. The van der Waals surface area contributed by atoms with Crippen LogP contribution in [0.25, 0.3) is 0 Å². The molecule has 3 N–H and O–H groups in total. The minimum absolute atomic E-state index is 0.458. The number of hydrogen-bond acceptors (Lipinski definition) is 3. The fourth-order valence-electron chi connectivity index (χ4n) is 3.93. The number of pyridine rings is 1. The first kappa shape index (κ1) is 16.9. The zero-order chi connectivity index (χ0) is 17.9. The number of anilines is 2. The number of nitrogens with zero attached hydrogens (tertiary/aromatic N) is 3. The lowest BCUT2D eigenvalue weighted by atomic mass is 10.1. The number of aryl methyl sites for hydroxylation is 3. The van der Waals surface area contributed by atoms with Gasteiger partial charge in [-0.25, -0.2) is 9.98 Å². The highest BCUT2D eigenvalue weighted by molar-refractivity contribution is 5.92. The summed E-state index contributed by atoms with van der Waals surface area (Å²) in [4.78, 5) is 11.6. The van der Waals surface area contributed by atoms with Gasteiger partial charge in [-0.1, -0.05) is 6.07 Å². The molecule has 136 valence electrons. The van der Waals surface area contributed by atoms with Crippen LogP contribution >= 0.6 is 0 Å². The Labute approximate surface area is 155 Å². The normalized spacial score (nSPS) is 16.8. The zero-order valence-corrected chi connectivity index (χ0v) is 15.5. The van der Waals surface area contributed by atoms with E-state index < -0.39 is 0 Å². The molecule has 2 aromatic rings. The Morgan fingerprint density at radius 2 is 1.92 bits per heavy atom. The van der Waals surface area contributed by atoms with Gasteiger partial charge in [0.2, 0.25) is 0 Å². The molecule has 1 aromatic heterocycles. The predicted molar refractivity (Wildman–Crippen MR) is 108 cm³/mol. The zero-order valence-electron chi connectivity index (χ0n) is 15.5. The van der Waals surface area contributed by atoms with Gasteiger partial charge in [-0.15, -0.1) is 0 Å². The summed E-state index contributed by atoms with van der Waals surface area (Å²) in [5.41, 5.74) is 12.2. The SMILES string of the molecule is Cc1cc(CN=C(N)Nc2ccc3c(c2)CCC3)cc(N2CCCC2)n1. The number of benzene rings is 1. The van der Waals surface area contributed by atoms with Gasteiger partial charge in [0.05, 0.1) is 6.54 Å². The van der Waals surface area contributed by atoms with Crippen molar-refractivity contribution >= 4 is 17.5 Å². The third-order valence-corrected chi connectivity index (χ3v) is 5.23. The van der Waals surface area contributed by atoms with E-state index in [1.165, 1.54) is 36.8 Å². The molecule has 0 amide bonds. The second-order valence-corrected chi connectivity index (χ2v) is 7.33. The molecular formula is C21H27N5. The molecule has 1 aliphatic heterocycles. The van der Waals surface area contributed by atoms with E-state index in [0.29, 0.717) is 12.5 Å². The Bertz CT molecular complexity index is 821. The standard InChI is InChI=1S/C21H27N5/c1-15-11-16(12-20(24-15)26-9-2-3-10-26)14-23-21(22)25-19-8-7-17-5-4-6-18(17)13-19/h7-8,11-13H,2-6,9-10,14H2,1H3,(H3,22,23,25). The Kier molecular flexibility index (Phi) is 4.78. The van der Waals surface area contributed by atoms with E-state index in [2.05, 4.69) is 50.5 Å². The fraction of sp³-hybridized carbons (Fsp3) is 0.429. The maximum atomic E-state index is 6.11. The summed E-state index contributed by atoms with van der Waals surface area (Å²) < 4.78 is 0. The Morgan fingerprint density at radius 1 is 1.12 bits per heavy atom. The predicted octanol–water partition coefficient (Wildman–Crippen LogP) is 3.41. The topological polar surface area (TPSA) is 66.5 Å². The number of hydrogen-bond donors (Lipinski definition) is 2. The molecule has 0 unspecified atom stereocenters. The van der Waals surface area contributed by atoms with E-state index in [1.54, 1.807) is 0 Å². The van der Waals surface area contributed by atoms with E-state index in [9.17, 15) is 0 Å². The van der Waals surface area contributed by atoms with Crippen LogP contribution in [0.1, 0.15) is 41.6 Å². The van der Waals surface area contributed by atoms with Crippen molar-refractivity contribution in [1.29, 1.82) is 0 Å². The molecule has 5 heteroatoms. The number of guanidine groups is 1. The average Bonchev–Trinajstić information content (AvgIpc) is 3.31. The lowest BCUT2D eigenvalue weighted by molar-refractivity contribution is 0.912. The third kappa shape index (κ3) is 3.82. The second-order valence-electron chi connectivity index (χ2n) is 7.33. The number of rotatable bonds is 4. The largest absolute Gasteiger partial charge is 0.370 e. The third-order valence-electron chi connectivity index (χ3n) is 5.23. The van der Waals surface area contributed by atoms with Crippen LogP contribution < -0.4 is 16.0 Å². The summed E-state index contributed by atoms with van der Waals surface area (Å²) >= 11 is 0. The number of aromatic nitrogens is 1. The lowest BCUT2D eigenvalue weighted by Gasteiger charge is -2.17. The molecule has 0 bridgehead atoms. The van der Waals surface area contributed by atoms with Crippen molar-refractivity contribution in [2.75, 3.05) is 23.3 Å². The van der Waals surface area contributed by atoms with Crippen molar-refractivity contribution in [2.24, 2.45) is 10.7 Å². The number of aliphatic imine (C=N–C) groups is 1. The summed E-state index contributed by atoms with van der Waals surface area (Å²) in [5.74, 6) is 1.53. The molecule has 0 spiro atoms. The van der Waals surface area contributed by atoms with Crippen LogP contribution in [0.4, 0.5) is 11.5 Å². The molecule has 4 rings (SSSR count). The molecule has 0 radical (unpaired) electrons. The second kappa shape index (κ2) is 7.36. The van der Waals surface area contributed by atoms with Gasteiger partial charge >= 0.3 is 0 Å². The summed E-state index contributed by atoms with van der Waals surface area (Å²) in [6.07, 6.45) is 6.11. The van der Waals surface area contributed by atoms with Crippen LogP contribution in [0.3, 0.4) is 0 Å². The molecule has 1 aliphatic carbocycles. The molecule has 26 heavy (non-hydrogen) atoms. The van der Waals surface area contributed by atoms with E-state index in [1.807, 2.05) is 6.92 Å². The van der Waals surface area contributed by atoms with Gasteiger partial charge in [-0.2, -0.15) is 0 Å². The van der Waals surface area contributed by atoms with Crippen LogP contribution in [0.15, 0.2) is 35.3 Å². The van der Waals surface area contributed by atoms with E-state index >= 15 is 0 Å². The summed E-state index contributed by atoms with van der Waals surface area (Å²) in [6.45, 7) is 4.80. The number of fused-ring (bicyclic) bond motifs is 1. The van der Waals surface area contributed by atoms with Crippen molar-refractivity contribution in [3.8, 4) is 0 Å². The van der Waals surface area contributed by atoms with Crippen LogP contribution in [0.5, 0.6) is 0 Å². The molecule has 1 aromatic carbocycles. The minimum Gasteiger partial charge on any atom is -0.370 e. The van der Waals surface area contributed by atoms with Gasteiger partial charge in [0.25, 0.3) is 0 Å². The highest BCUT2D eigenvalue weighted by Crippen LogP contribution is 2.25. The van der Waals surface area contributed by atoms with E-state index in [0.717, 1.165) is 42.3 Å². The maximum Gasteiger partial charge on any atom is 0.193 e. The molecule has 5 nitrogen and oxygen atoms in total.